The van der Waals surface area contributed by atoms with Gasteiger partial charge in [-0.05, 0) is 11.6 Å². The summed E-state index contributed by atoms with van der Waals surface area (Å²) in [5.74, 6) is -6.89. The van der Waals surface area contributed by atoms with E-state index < -0.39 is 51.7 Å². The van der Waals surface area contributed by atoms with Crippen molar-refractivity contribution in [1.82, 2.24) is 0 Å². The second-order valence-electron chi connectivity index (χ2n) is 6.61. The third-order valence-corrected chi connectivity index (χ3v) is 4.48. The van der Waals surface area contributed by atoms with Gasteiger partial charge >= 0.3 is 0 Å². The summed E-state index contributed by atoms with van der Waals surface area (Å²) >= 11 is 0. The van der Waals surface area contributed by atoms with Crippen molar-refractivity contribution in [2.75, 3.05) is 0 Å². The van der Waals surface area contributed by atoms with E-state index in [0.717, 1.165) is 5.56 Å². The minimum absolute atomic E-state index is 0.137. The fourth-order valence-electron chi connectivity index (χ4n) is 2.86. The Morgan fingerprint density at radius 2 is 1.05 bits per heavy atom. The topological polar surface area (TPSA) is 270 Å². The van der Waals surface area contributed by atoms with Crippen molar-refractivity contribution in [2.45, 2.75) is 0 Å². The molecule has 0 amide bonds. The first-order valence-electron chi connectivity index (χ1n) is 9.68. The maximum atomic E-state index is 12.1. The molecule has 3 aromatic carbocycles. The molecule has 14 nitrogen and oxygen atoms in total. The number of rotatable bonds is 2. The van der Waals surface area contributed by atoms with Gasteiger partial charge in [-0.1, -0.05) is 60.7 Å². The van der Waals surface area contributed by atoms with E-state index in [1.807, 2.05) is 12.1 Å². The molecule has 4 rings (SSSR count). The van der Waals surface area contributed by atoms with Gasteiger partial charge in [0, 0.05) is 11.1 Å². The summed E-state index contributed by atoms with van der Waals surface area (Å²) in [4.78, 5) is 37.2. The Balaban J connectivity index is 0.000000324. The fourth-order valence-corrected chi connectivity index (χ4v) is 2.86. The van der Waals surface area contributed by atoms with E-state index in [0.29, 0.717) is 5.56 Å². The summed E-state index contributed by atoms with van der Waals surface area (Å²) in [6, 6.07) is 14.8. The number of phenolic OH excluding ortho intramolecular Hbond substituents is 5. The van der Waals surface area contributed by atoms with E-state index in [-0.39, 0.29) is 5.56 Å². The van der Waals surface area contributed by atoms with Gasteiger partial charge in [-0.15, -0.1) is 0 Å². The van der Waals surface area contributed by atoms with Crippen LogP contribution < -0.4 is 0 Å². The van der Waals surface area contributed by atoms with Crippen LogP contribution in [0.3, 0.4) is 0 Å². The lowest BCUT2D eigenvalue weighted by atomic mass is 9.96. The van der Waals surface area contributed by atoms with Crippen LogP contribution in [-0.2, 0) is 4.79 Å². The molecule has 0 unspecified atom stereocenters. The Hall–Kier alpha value is -5.97. The molecule has 0 aliphatic heterocycles. The Kier molecular flexibility index (Phi) is 10.7. The summed E-state index contributed by atoms with van der Waals surface area (Å²) < 4.78 is 0. The van der Waals surface area contributed by atoms with Crippen LogP contribution in [-0.4, -0.2) is 42.9 Å². The molecule has 0 bridgehead atoms. The maximum absolute atomic E-state index is 12.1. The zero-order valence-corrected chi connectivity index (χ0v) is 18.5. The average molecular weight is 504 g/mol. The van der Waals surface area contributed by atoms with Crippen LogP contribution in [0.4, 0.5) is 0 Å². The molecule has 14 heteroatoms. The van der Waals surface area contributed by atoms with Gasteiger partial charge in [0.25, 0.3) is 0 Å². The van der Waals surface area contributed by atoms with E-state index in [1.165, 1.54) is 28.0 Å². The predicted octanol–water partition coefficient (Wildman–Crippen LogP) is 4.64. The quantitative estimate of drug-likeness (QED) is 0.0621. The predicted molar refractivity (Wildman–Crippen MR) is 130 cm³/mol. The number of fused-ring (bicyclic) bond motifs is 1. The second kappa shape index (κ2) is 13.7. The lowest BCUT2D eigenvalue weighted by Crippen LogP contribution is -2.15. The first-order valence-corrected chi connectivity index (χ1v) is 9.68. The van der Waals surface area contributed by atoms with E-state index in [2.05, 4.69) is 0 Å². The SMILES string of the molecule is O=C(c1ccccc1)c1c(O)c(O)c(O)c(O)c1O.O=C1C=Cc2ccccc2C1=O.[N-]=[N+]=[N-].[N-]=[N+]=[N-]. The monoisotopic (exact) mass is 504 g/mol. The number of allylic oxidation sites excluding steroid dienone is 1. The third kappa shape index (κ3) is 7.01. The largest absolute Gasteiger partial charge is 0.504 e. The Morgan fingerprint density at radius 1 is 0.622 bits per heavy atom. The lowest BCUT2D eigenvalue weighted by Gasteiger charge is -2.11. The number of hydrogen-bond donors (Lipinski definition) is 5. The van der Waals surface area contributed by atoms with E-state index in [4.69, 9.17) is 22.1 Å². The van der Waals surface area contributed by atoms with Crippen molar-refractivity contribution in [3.05, 3.63) is 115 Å². The van der Waals surface area contributed by atoms with Crippen LogP contribution >= 0.6 is 0 Å². The van der Waals surface area contributed by atoms with Gasteiger partial charge in [-0.2, -0.15) is 0 Å². The number of phenols is 5. The zero-order valence-electron chi connectivity index (χ0n) is 18.5. The molecule has 0 atom stereocenters. The first kappa shape index (κ1) is 29.1. The molecule has 1 aliphatic carbocycles. The van der Waals surface area contributed by atoms with E-state index in [1.54, 1.807) is 36.4 Å². The van der Waals surface area contributed by atoms with Gasteiger partial charge in [0.05, 0.1) is 0 Å². The summed E-state index contributed by atoms with van der Waals surface area (Å²) in [6.45, 7) is 0. The van der Waals surface area contributed by atoms with Gasteiger partial charge in [0.15, 0.2) is 11.5 Å². The maximum Gasteiger partial charge on any atom is 0.233 e. The molecule has 37 heavy (non-hydrogen) atoms. The number of nitrogens with zero attached hydrogens (tertiary/aromatic N) is 6. The minimum atomic E-state index is -1.10. The van der Waals surface area contributed by atoms with Crippen LogP contribution in [0, 0.1) is 0 Å². The van der Waals surface area contributed by atoms with Gasteiger partial charge in [-0.25, -0.2) is 0 Å². The van der Waals surface area contributed by atoms with E-state index >= 15 is 0 Å². The smallest absolute Gasteiger partial charge is 0.233 e. The second-order valence-corrected chi connectivity index (χ2v) is 6.61. The van der Waals surface area contributed by atoms with Gasteiger partial charge in [0.1, 0.15) is 5.56 Å². The van der Waals surface area contributed by atoms with Crippen molar-refractivity contribution < 1.29 is 39.9 Å². The molecule has 0 aromatic heterocycles. The third-order valence-electron chi connectivity index (χ3n) is 4.48. The number of Topliss-reactive ketones (excluding diaryl/α,β-unsaturated/α-hetero) is 1. The molecule has 0 saturated heterocycles. The zero-order chi connectivity index (χ0) is 28.1. The molecule has 0 saturated carbocycles. The number of aromatic hydroxyl groups is 5. The number of benzene rings is 3. The van der Waals surface area contributed by atoms with Crippen LogP contribution in [0.15, 0.2) is 60.7 Å². The Bertz CT molecular complexity index is 1380. The molecule has 0 fully saturated rings. The van der Waals surface area contributed by atoms with Crippen LogP contribution in [0.1, 0.15) is 31.8 Å². The lowest BCUT2D eigenvalue weighted by molar-refractivity contribution is -0.110. The average Bonchev–Trinajstić information content (AvgIpc) is 2.90. The van der Waals surface area contributed by atoms with Crippen molar-refractivity contribution >= 4 is 23.4 Å². The summed E-state index contributed by atoms with van der Waals surface area (Å²) in [6.07, 6.45) is 2.98. The number of carbonyl (C=O) groups excluding carboxylic acids is 3. The van der Waals surface area contributed by atoms with Gasteiger partial charge in [-0.3, -0.25) is 24.2 Å². The fraction of sp³-hybridized carbons (Fsp3) is 0. The van der Waals surface area contributed by atoms with Gasteiger partial charge in [0.2, 0.25) is 34.6 Å². The summed E-state index contributed by atoms with van der Waals surface area (Å²) in [5, 5.41) is 47.2. The normalized spacial score (nSPS) is 10.5. The highest BCUT2D eigenvalue weighted by molar-refractivity contribution is 6.49. The number of ketones is 3. The Morgan fingerprint density at radius 3 is 1.57 bits per heavy atom. The molecule has 0 radical (unpaired) electrons. The molecule has 5 N–H and O–H groups in total. The van der Waals surface area contributed by atoms with Crippen LogP contribution in [0.5, 0.6) is 28.7 Å². The van der Waals surface area contributed by atoms with Crippen molar-refractivity contribution in [3.63, 3.8) is 0 Å². The van der Waals surface area contributed by atoms with Crippen LogP contribution in [0.25, 0.3) is 38.0 Å². The van der Waals surface area contributed by atoms with Gasteiger partial charge < -0.3 is 47.7 Å². The molecule has 0 spiro atoms. The molecule has 1 aliphatic rings. The highest BCUT2D eigenvalue weighted by atomic mass is 16.4. The molecular weight excluding hydrogens is 488 g/mol. The number of hydrogen-bond acceptors (Lipinski definition) is 8. The molecule has 3 aromatic rings. The summed E-state index contributed by atoms with van der Waals surface area (Å²) in [7, 11) is 0. The van der Waals surface area contributed by atoms with Crippen LogP contribution in [0.2, 0.25) is 0 Å². The highest BCUT2D eigenvalue weighted by Gasteiger charge is 2.28. The van der Waals surface area contributed by atoms with Crippen molar-refractivity contribution in [2.24, 2.45) is 0 Å². The first-order chi connectivity index (χ1) is 17.6. The highest BCUT2D eigenvalue weighted by Crippen LogP contribution is 2.51. The molecule has 0 heterocycles. The minimum Gasteiger partial charge on any atom is -0.504 e. The van der Waals surface area contributed by atoms with Crippen molar-refractivity contribution in [1.29, 1.82) is 0 Å². The summed E-state index contributed by atoms with van der Waals surface area (Å²) in [5.41, 5.74) is 27.8. The molecule has 188 valence electrons. The number of carbonyl (C=O) groups is 3. The van der Waals surface area contributed by atoms with Crippen molar-refractivity contribution in [3.8, 4) is 28.7 Å². The standard InChI is InChI=1S/C13H10O6.C10H6O2.2N3/c14-8(6-4-2-1-3-5-6)7-9(15)11(17)13(19)12(18)10(7)16;11-9-6-5-7-3-1-2-4-8(7)10(9)12;2*1-3-2/h1-5,15-19H;1-6H;;/q;;2*-1. The molecular formula is C23H16N6O8-2. The Labute approximate surface area is 207 Å². The van der Waals surface area contributed by atoms with E-state index in [9.17, 15) is 39.9 Å².